The molecule has 0 N–H and O–H groups in total. The van der Waals surface area contributed by atoms with Gasteiger partial charge in [-0.3, -0.25) is 0 Å². The lowest BCUT2D eigenvalue weighted by atomic mass is 9.72. The van der Waals surface area contributed by atoms with Gasteiger partial charge in [0.1, 0.15) is 0 Å². The summed E-state index contributed by atoms with van der Waals surface area (Å²) in [6.45, 7) is 44.1. The van der Waals surface area contributed by atoms with Crippen LogP contribution in [0.1, 0.15) is 143 Å². The van der Waals surface area contributed by atoms with Gasteiger partial charge in [0.2, 0.25) is 0 Å². The van der Waals surface area contributed by atoms with Crippen molar-refractivity contribution < 1.29 is 0 Å². The third-order valence-corrected chi connectivity index (χ3v) is 16.6. The number of hydrogen-bond donors (Lipinski definition) is 0. The van der Waals surface area contributed by atoms with Crippen LogP contribution in [0, 0.1) is 249 Å². The lowest BCUT2D eigenvalue weighted by Gasteiger charge is -2.30. The van der Waals surface area contributed by atoms with Gasteiger partial charge in [-0.15, -0.1) is 18.8 Å². The average molecular weight is 975 g/mol. The first-order valence-electron chi connectivity index (χ1n) is 25.6. The van der Waals surface area contributed by atoms with Gasteiger partial charge in [-0.2, -0.15) is 0 Å². The molecule has 7 aromatic rings. The van der Waals surface area contributed by atoms with E-state index in [2.05, 4.69) is 236 Å². The molecule has 0 radical (unpaired) electrons. The fourth-order valence-corrected chi connectivity index (χ4v) is 11.9. The summed E-state index contributed by atoms with van der Waals surface area (Å²) in [5, 5.41) is 8.82. The number of hydrogen-bond acceptors (Lipinski definition) is 0. The lowest BCUT2D eigenvalue weighted by molar-refractivity contribution is 1.18. The molecule has 7 rings (SSSR count). The molecule has 0 atom stereocenters. The van der Waals surface area contributed by atoms with Crippen LogP contribution in [0.3, 0.4) is 0 Å². The van der Waals surface area contributed by atoms with Gasteiger partial charge in [-0.25, -0.2) is 0 Å². The third kappa shape index (κ3) is 8.52. The van der Waals surface area contributed by atoms with Gasteiger partial charge in [0, 0.05) is 27.5 Å². The van der Waals surface area contributed by atoms with Crippen LogP contribution in [0.15, 0.2) is 0 Å². The Bertz CT molecular complexity index is 4560. The monoisotopic (exact) mass is 974 g/mol. The second kappa shape index (κ2) is 21.7. The molecule has 0 spiro atoms. The van der Waals surface area contributed by atoms with Crippen LogP contribution < -0.4 is 0 Å². The zero-order chi connectivity index (χ0) is 55.8. The van der Waals surface area contributed by atoms with E-state index in [4.69, 9.17) is 12.8 Å². The molecule has 0 fully saturated rings. The molecule has 7 aromatic carbocycles. The highest BCUT2D eigenvalue weighted by Crippen LogP contribution is 2.55. The Hall–Kier alpha value is -9.26. The molecule has 0 bridgehead atoms. The fourth-order valence-electron chi connectivity index (χ4n) is 11.9. The molecule has 0 aromatic heterocycles. The molecule has 0 aliphatic heterocycles. The molecule has 0 unspecified atom stereocenters. The fraction of sp³-hybridized carbons (Fsp3) is 0.263. The number of fused-ring (bicyclic) bond motifs is 5. The van der Waals surface area contributed by atoms with Crippen LogP contribution in [0.25, 0.3) is 65.3 Å². The topological polar surface area (TPSA) is 0 Å². The molecule has 0 aliphatic rings. The Kier molecular flexibility index (Phi) is 15.5. The molecule has 0 heteroatoms. The van der Waals surface area contributed by atoms with E-state index in [1.165, 1.54) is 105 Å². The summed E-state index contributed by atoms with van der Waals surface area (Å²) in [4.78, 5) is 0. The van der Waals surface area contributed by atoms with E-state index < -0.39 is 0 Å². The molecular formula is C76H62. The first kappa shape index (κ1) is 54.5. The standard InChI is InChI=1S/C76H62/c1-23-28-32-34-37-40-61-57(20)71-73(59(22)67-56(19)49(12)60(38-27-5)63(39-31-26-4)74(67)75(71)64(42-35-30-25-3)62(61)41-36-33-29-24-2)69-54(17)48(11)55(18)70-72(69)58(21)66-52(15)46(9)47(10)53(16)68(66)76(70)65-50(13)44(7)43(6)45(8)51(65)14/h2,4H,1,3,5-22H3. The van der Waals surface area contributed by atoms with Gasteiger partial charge in [0.15, 0.2) is 0 Å². The molecule has 0 saturated carbocycles. The summed E-state index contributed by atoms with van der Waals surface area (Å²) in [5.74, 6) is 61.1. The van der Waals surface area contributed by atoms with Crippen molar-refractivity contribution in [3.8, 4) is 154 Å². The van der Waals surface area contributed by atoms with Crippen LogP contribution in [0.4, 0.5) is 0 Å². The van der Waals surface area contributed by atoms with Crippen molar-refractivity contribution in [3.63, 3.8) is 0 Å². The van der Waals surface area contributed by atoms with Crippen LogP contribution in [-0.2, 0) is 0 Å². The quantitative estimate of drug-likeness (QED) is 0.0920. The SMILES string of the molecule is C#CC#CC#Cc1c(C#CC#CC#CC)c(C)c2c(-c3c(C)c(C)c(C)c4c(-c5c(C)c(C)c(C)c(C)c5C)c5c(C)c(C)c(C)c(C)c5c(C)c34)c(C)c3c(C)c(C)c(C#CC)c(C#CC#C)c3c2c1C#CC#CC. The maximum Gasteiger partial charge on any atom is 0.0578 e. The van der Waals surface area contributed by atoms with Gasteiger partial charge in [0.25, 0.3) is 0 Å². The molecular weight excluding hydrogens is 913 g/mol. The van der Waals surface area contributed by atoms with Crippen molar-refractivity contribution in [2.24, 2.45) is 0 Å². The van der Waals surface area contributed by atoms with E-state index in [9.17, 15) is 0 Å². The third-order valence-electron chi connectivity index (χ3n) is 16.6. The van der Waals surface area contributed by atoms with Crippen molar-refractivity contribution in [3.05, 3.63) is 122 Å². The summed E-state index contributed by atoms with van der Waals surface area (Å²) >= 11 is 0. The summed E-state index contributed by atoms with van der Waals surface area (Å²) in [6.07, 6.45) is 11.6. The number of benzene rings is 7. The Morgan fingerprint density at radius 1 is 0.197 bits per heavy atom. The second-order valence-electron chi connectivity index (χ2n) is 19.9. The highest BCUT2D eigenvalue weighted by Gasteiger charge is 2.32. The molecule has 0 amide bonds. The van der Waals surface area contributed by atoms with Crippen molar-refractivity contribution in [2.75, 3.05) is 0 Å². The molecule has 0 aliphatic carbocycles. The minimum Gasteiger partial charge on any atom is -0.106 e. The summed E-state index contributed by atoms with van der Waals surface area (Å²) < 4.78 is 0. The first-order valence-corrected chi connectivity index (χ1v) is 25.6. The first-order chi connectivity index (χ1) is 36.2. The minimum absolute atomic E-state index is 0.574. The smallest absolute Gasteiger partial charge is 0.0578 e. The van der Waals surface area contributed by atoms with E-state index >= 15 is 0 Å². The van der Waals surface area contributed by atoms with Gasteiger partial charge in [0.05, 0.1) is 11.1 Å². The summed E-state index contributed by atoms with van der Waals surface area (Å²) in [6, 6.07) is 0. The number of rotatable bonds is 2. The van der Waals surface area contributed by atoms with Crippen molar-refractivity contribution in [1.29, 1.82) is 0 Å². The van der Waals surface area contributed by atoms with Crippen molar-refractivity contribution in [1.82, 2.24) is 0 Å². The van der Waals surface area contributed by atoms with Crippen LogP contribution in [0.5, 0.6) is 0 Å². The van der Waals surface area contributed by atoms with E-state index in [1.807, 2.05) is 6.92 Å². The molecule has 0 heterocycles. The van der Waals surface area contributed by atoms with E-state index in [0.717, 1.165) is 66.1 Å². The van der Waals surface area contributed by atoms with Gasteiger partial charge in [-0.1, -0.05) is 41.4 Å². The van der Waals surface area contributed by atoms with E-state index in [1.54, 1.807) is 13.8 Å². The number of terminal acetylenes is 2. The minimum atomic E-state index is 0.574. The largest absolute Gasteiger partial charge is 0.106 e. The Balaban J connectivity index is 2.06. The summed E-state index contributed by atoms with van der Waals surface area (Å²) in [5.41, 5.74) is 29.0. The molecule has 366 valence electrons. The Morgan fingerprint density at radius 2 is 0.539 bits per heavy atom. The molecule has 76 heavy (non-hydrogen) atoms. The van der Waals surface area contributed by atoms with Gasteiger partial charge < -0.3 is 0 Å². The average Bonchev–Trinajstić information content (AvgIpc) is 3.57. The lowest BCUT2D eigenvalue weighted by Crippen LogP contribution is -2.08. The van der Waals surface area contributed by atoms with Crippen molar-refractivity contribution in [2.45, 2.75) is 138 Å². The van der Waals surface area contributed by atoms with Crippen LogP contribution >= 0.6 is 0 Å². The van der Waals surface area contributed by atoms with Crippen molar-refractivity contribution >= 4 is 43.1 Å². The highest BCUT2D eigenvalue weighted by atomic mass is 14.3. The van der Waals surface area contributed by atoms with Crippen LogP contribution in [-0.4, -0.2) is 0 Å². The summed E-state index contributed by atoms with van der Waals surface area (Å²) in [7, 11) is 0. The van der Waals surface area contributed by atoms with E-state index in [-0.39, 0.29) is 0 Å². The predicted octanol–water partition coefficient (Wildman–Crippen LogP) is 16.0. The maximum absolute atomic E-state index is 6.00. The van der Waals surface area contributed by atoms with Gasteiger partial charge >= 0.3 is 0 Å². The normalized spacial score (nSPS) is 9.92. The van der Waals surface area contributed by atoms with E-state index in [0.29, 0.717) is 16.7 Å². The van der Waals surface area contributed by atoms with Gasteiger partial charge in [-0.05, 0) is 359 Å². The highest BCUT2D eigenvalue weighted by molar-refractivity contribution is 6.28. The second-order valence-corrected chi connectivity index (χ2v) is 19.9. The predicted molar refractivity (Wildman–Crippen MR) is 328 cm³/mol. The molecule has 0 nitrogen and oxygen atoms in total. The van der Waals surface area contributed by atoms with Crippen LogP contribution in [0.2, 0.25) is 0 Å². The maximum atomic E-state index is 6.00. The Labute approximate surface area is 455 Å². The molecule has 0 saturated heterocycles. The Morgan fingerprint density at radius 3 is 1.12 bits per heavy atom. The zero-order valence-corrected chi connectivity index (χ0v) is 48.2. The zero-order valence-electron chi connectivity index (χ0n) is 48.2. The number of aryl methyl sites for hydroxylation is 7.